The topological polar surface area (TPSA) is 117 Å². The van der Waals surface area contributed by atoms with Crippen molar-refractivity contribution >= 4 is 27.0 Å². The number of carbonyl (C=O) groups excluding carboxylic acids is 2. The molecular weight excluding hydrogens is 458 g/mol. The molecule has 1 saturated heterocycles. The highest BCUT2D eigenvalue weighted by atomic mass is 32.2. The third-order valence-corrected chi connectivity index (χ3v) is 7.62. The van der Waals surface area contributed by atoms with Crippen molar-refractivity contribution in [3.05, 3.63) is 41.3 Å². The van der Waals surface area contributed by atoms with E-state index in [9.17, 15) is 18.0 Å². The van der Waals surface area contributed by atoms with Gasteiger partial charge in [-0.15, -0.1) is 0 Å². The highest BCUT2D eigenvalue weighted by molar-refractivity contribution is 7.73. The van der Waals surface area contributed by atoms with Gasteiger partial charge in [-0.2, -0.15) is 13.5 Å². The fourth-order valence-electron chi connectivity index (χ4n) is 4.86. The van der Waals surface area contributed by atoms with Crippen LogP contribution in [-0.4, -0.2) is 61.3 Å². The van der Waals surface area contributed by atoms with E-state index in [4.69, 9.17) is 14.6 Å². The second-order valence-corrected chi connectivity index (χ2v) is 9.99. The van der Waals surface area contributed by atoms with E-state index in [1.54, 1.807) is 12.2 Å². The summed E-state index contributed by atoms with van der Waals surface area (Å²) >= 11 is 0. The van der Waals surface area contributed by atoms with E-state index < -0.39 is 22.2 Å². The zero-order valence-corrected chi connectivity index (χ0v) is 20.2. The van der Waals surface area contributed by atoms with Crippen molar-refractivity contribution in [2.24, 2.45) is 11.3 Å². The Bertz CT molecular complexity index is 1130. The molecule has 4 rings (SSSR count). The molecule has 0 aromatic carbocycles. The molecule has 1 aromatic rings. The highest BCUT2D eigenvalue weighted by Gasteiger charge is 2.39. The summed E-state index contributed by atoms with van der Waals surface area (Å²) in [5.74, 6) is -1.52. The standard InChI is InChI=1S/C24H31N3O6S/c1-2-18-21-19(15-24(16-25-22(21)28)9-13-32-14-10-24)27(26-18)11-5-6-12-33-23(29)17-7-3-4-8-20(17)34(30)31/h3-4,7-8,17H,2,5-6,9-16H2,1H3,(H,25,28). The van der Waals surface area contributed by atoms with Gasteiger partial charge < -0.3 is 14.8 Å². The maximum absolute atomic E-state index is 12.9. The average Bonchev–Trinajstić information content (AvgIpc) is 3.12. The number of esters is 1. The summed E-state index contributed by atoms with van der Waals surface area (Å²) in [6, 6.07) is 0. The molecule has 1 atom stereocenters. The van der Waals surface area contributed by atoms with Gasteiger partial charge >= 0.3 is 5.97 Å². The van der Waals surface area contributed by atoms with Crippen molar-refractivity contribution in [1.82, 2.24) is 15.1 Å². The molecule has 34 heavy (non-hydrogen) atoms. The van der Waals surface area contributed by atoms with Crippen LogP contribution in [0.4, 0.5) is 0 Å². The maximum atomic E-state index is 12.9. The lowest BCUT2D eigenvalue weighted by molar-refractivity contribution is -0.144. The lowest BCUT2D eigenvalue weighted by atomic mass is 9.76. The number of rotatable bonds is 7. The molecular formula is C24H31N3O6S. The van der Waals surface area contributed by atoms with Crippen LogP contribution < -0.4 is 5.32 Å². The molecule has 1 fully saturated rings. The Hall–Kier alpha value is -2.72. The van der Waals surface area contributed by atoms with Gasteiger partial charge in [0.2, 0.25) is 10.3 Å². The summed E-state index contributed by atoms with van der Waals surface area (Å²) in [5, 5.41) is 7.86. The number of ether oxygens (including phenoxy) is 2. The van der Waals surface area contributed by atoms with Gasteiger partial charge in [-0.25, -0.2) is 0 Å². The van der Waals surface area contributed by atoms with Crippen LogP contribution in [0.3, 0.4) is 0 Å². The van der Waals surface area contributed by atoms with Crippen LogP contribution in [0, 0.1) is 11.3 Å². The second kappa shape index (κ2) is 10.7. The Balaban J connectivity index is 1.38. The highest BCUT2D eigenvalue weighted by Crippen LogP contribution is 2.37. The summed E-state index contributed by atoms with van der Waals surface area (Å²) < 4.78 is 35.5. The molecule has 1 amide bonds. The lowest BCUT2D eigenvalue weighted by Crippen LogP contribution is -2.40. The van der Waals surface area contributed by atoms with Gasteiger partial charge in [-0.3, -0.25) is 14.3 Å². The van der Waals surface area contributed by atoms with Gasteiger partial charge in [0.1, 0.15) is 5.92 Å². The van der Waals surface area contributed by atoms with Gasteiger partial charge in [0.25, 0.3) is 5.91 Å². The number of fused-ring (bicyclic) bond motifs is 1. The normalized spacial score (nSPS) is 21.1. The summed E-state index contributed by atoms with van der Waals surface area (Å²) in [7, 11) is -2.47. The first-order chi connectivity index (χ1) is 16.4. The van der Waals surface area contributed by atoms with E-state index in [1.807, 2.05) is 11.6 Å². The fraction of sp³-hybridized carbons (Fsp3) is 0.583. The molecule has 3 aliphatic rings. The number of hydrogen-bond donors (Lipinski definition) is 1. The van der Waals surface area contributed by atoms with Crippen LogP contribution in [0.15, 0.2) is 24.3 Å². The van der Waals surface area contributed by atoms with Crippen LogP contribution >= 0.6 is 0 Å². The quantitative estimate of drug-likeness (QED) is 0.352. The zero-order chi connectivity index (χ0) is 24.1. The number of unbranched alkanes of at least 4 members (excludes halogenated alkanes) is 1. The maximum Gasteiger partial charge on any atom is 0.318 e. The molecule has 0 saturated carbocycles. The average molecular weight is 490 g/mol. The first-order valence-corrected chi connectivity index (χ1v) is 12.9. The minimum Gasteiger partial charge on any atom is -0.465 e. The first-order valence-electron chi connectivity index (χ1n) is 11.9. The van der Waals surface area contributed by atoms with Crippen molar-refractivity contribution in [2.75, 3.05) is 26.4 Å². The fourth-order valence-corrected chi connectivity index (χ4v) is 5.43. The third-order valence-electron chi connectivity index (χ3n) is 6.85. The molecule has 1 spiro atoms. The molecule has 9 nitrogen and oxygen atoms in total. The SMILES string of the molecule is CCc1nn(CCCCOC(=O)C2C=CC=CC2=S(=O)=O)c2c1C(=O)NCC1(CCOCC1)C2. The van der Waals surface area contributed by atoms with E-state index in [0.717, 1.165) is 30.7 Å². The molecule has 1 N–H and O–H groups in total. The molecule has 0 radical (unpaired) electrons. The van der Waals surface area contributed by atoms with E-state index in [1.165, 1.54) is 12.2 Å². The van der Waals surface area contributed by atoms with Crippen LogP contribution in [0.1, 0.15) is 54.4 Å². The number of allylic oxidation sites excluding steroid dienone is 3. The van der Waals surface area contributed by atoms with Crippen molar-refractivity contribution in [3.63, 3.8) is 0 Å². The Kier molecular flexibility index (Phi) is 7.67. The Morgan fingerprint density at radius 3 is 2.82 bits per heavy atom. The predicted octanol–water partition coefficient (Wildman–Crippen LogP) is 1.65. The monoisotopic (exact) mass is 489 g/mol. The van der Waals surface area contributed by atoms with Gasteiger partial charge in [-0.05, 0) is 50.0 Å². The van der Waals surface area contributed by atoms with Crippen LogP contribution in [0.2, 0.25) is 0 Å². The lowest BCUT2D eigenvalue weighted by Gasteiger charge is -2.36. The number of carbonyl (C=O) groups is 2. The Morgan fingerprint density at radius 2 is 2.09 bits per heavy atom. The summed E-state index contributed by atoms with van der Waals surface area (Å²) in [4.78, 5) is 25.3. The van der Waals surface area contributed by atoms with E-state index in [-0.39, 0.29) is 22.8 Å². The molecule has 1 unspecified atom stereocenters. The van der Waals surface area contributed by atoms with Crippen LogP contribution in [0.5, 0.6) is 0 Å². The molecule has 0 bridgehead atoms. The van der Waals surface area contributed by atoms with Gasteiger partial charge in [0.05, 0.1) is 28.4 Å². The molecule has 184 valence electrons. The largest absolute Gasteiger partial charge is 0.465 e. The smallest absolute Gasteiger partial charge is 0.318 e. The Morgan fingerprint density at radius 1 is 1.29 bits per heavy atom. The Labute approximate surface area is 200 Å². The van der Waals surface area contributed by atoms with Crippen LogP contribution in [0.25, 0.3) is 0 Å². The molecule has 1 aromatic heterocycles. The number of aryl methyl sites for hydroxylation is 2. The van der Waals surface area contributed by atoms with Crippen molar-refractivity contribution in [1.29, 1.82) is 0 Å². The van der Waals surface area contributed by atoms with Crippen molar-refractivity contribution < 1.29 is 27.5 Å². The van der Waals surface area contributed by atoms with Crippen LogP contribution in [-0.2, 0) is 43.9 Å². The number of hydrogen-bond acceptors (Lipinski definition) is 7. The predicted molar refractivity (Wildman–Crippen MR) is 126 cm³/mol. The van der Waals surface area contributed by atoms with Gasteiger partial charge in [0, 0.05) is 26.3 Å². The first kappa shape index (κ1) is 24.4. The minimum atomic E-state index is -2.47. The minimum absolute atomic E-state index is 0.00466. The molecule has 10 heteroatoms. The van der Waals surface area contributed by atoms with Crippen molar-refractivity contribution in [2.45, 2.75) is 52.0 Å². The molecule has 1 aliphatic carbocycles. The third kappa shape index (κ3) is 5.17. The number of aromatic nitrogens is 2. The molecule has 3 heterocycles. The summed E-state index contributed by atoms with van der Waals surface area (Å²) in [6.07, 6.45) is 10.8. The number of nitrogens with zero attached hydrogens (tertiary/aromatic N) is 2. The second-order valence-electron chi connectivity index (χ2n) is 9.05. The zero-order valence-electron chi connectivity index (χ0n) is 19.4. The summed E-state index contributed by atoms with van der Waals surface area (Å²) in [6.45, 7) is 4.88. The van der Waals surface area contributed by atoms with E-state index in [0.29, 0.717) is 51.1 Å². The van der Waals surface area contributed by atoms with E-state index >= 15 is 0 Å². The van der Waals surface area contributed by atoms with Gasteiger partial charge in [-0.1, -0.05) is 25.2 Å². The van der Waals surface area contributed by atoms with Gasteiger partial charge in [0.15, 0.2) is 0 Å². The van der Waals surface area contributed by atoms with Crippen molar-refractivity contribution in [3.8, 4) is 0 Å². The van der Waals surface area contributed by atoms with E-state index in [2.05, 4.69) is 5.32 Å². The summed E-state index contributed by atoms with van der Waals surface area (Å²) in [5.41, 5.74) is 2.51. The number of amides is 1. The number of nitrogens with one attached hydrogen (secondary N) is 1. The molecule has 2 aliphatic heterocycles.